The highest BCUT2D eigenvalue weighted by Crippen LogP contribution is 2.23. The maximum atomic E-state index is 13.6. The Hall–Kier alpha value is -0.890. The second kappa shape index (κ2) is 6.71. The smallest absolute Gasteiger partial charge is 0.243 e. The van der Waals surface area contributed by atoms with Crippen LogP contribution in [0.15, 0.2) is 23.1 Å². The highest BCUT2D eigenvalue weighted by molar-refractivity contribution is 7.89. The molecule has 114 valence electrons. The molecule has 0 aromatic heterocycles. The molecule has 1 aromatic carbocycles. The van der Waals surface area contributed by atoms with Gasteiger partial charge in [0.25, 0.3) is 0 Å². The Kier molecular flexibility index (Phi) is 5.76. The second-order valence-corrected chi connectivity index (χ2v) is 6.45. The van der Waals surface area contributed by atoms with Gasteiger partial charge in [0.2, 0.25) is 10.0 Å². The summed E-state index contributed by atoms with van der Waals surface area (Å²) in [6, 6.07) is 3.78. The lowest BCUT2D eigenvalue weighted by Gasteiger charge is -2.31. The molecule has 1 aliphatic heterocycles. The number of piperazine rings is 1. The van der Waals surface area contributed by atoms with Crippen LogP contribution in [0, 0.1) is 5.82 Å². The van der Waals surface area contributed by atoms with E-state index in [0.29, 0.717) is 19.6 Å². The van der Waals surface area contributed by atoms with E-state index < -0.39 is 15.8 Å². The lowest BCUT2D eigenvalue weighted by molar-refractivity contribution is 0.310. The van der Waals surface area contributed by atoms with E-state index in [0.717, 1.165) is 6.07 Å². The van der Waals surface area contributed by atoms with E-state index >= 15 is 0 Å². The van der Waals surface area contributed by atoms with Crippen LogP contribution in [0.3, 0.4) is 0 Å². The van der Waals surface area contributed by atoms with E-state index in [1.54, 1.807) is 0 Å². The summed E-state index contributed by atoms with van der Waals surface area (Å²) < 4.78 is 44.5. The quantitative estimate of drug-likeness (QED) is 0.909. The number of nitrogens with one attached hydrogen (secondary N) is 1. The van der Waals surface area contributed by atoms with Gasteiger partial charge in [0.15, 0.2) is 11.6 Å². The molecule has 1 aliphatic rings. The van der Waals surface area contributed by atoms with Crippen molar-refractivity contribution in [1.29, 1.82) is 0 Å². The normalized spacial score (nSPS) is 20.2. The van der Waals surface area contributed by atoms with Crippen molar-refractivity contribution in [1.82, 2.24) is 9.62 Å². The number of benzene rings is 1. The molecule has 0 spiro atoms. The molecular weight excluding hydrogens is 307 g/mol. The first kappa shape index (κ1) is 17.2. The number of halogens is 2. The predicted molar refractivity (Wildman–Crippen MR) is 76.4 cm³/mol. The Morgan fingerprint density at radius 1 is 1.45 bits per heavy atom. The van der Waals surface area contributed by atoms with E-state index in [1.165, 1.54) is 23.5 Å². The summed E-state index contributed by atoms with van der Waals surface area (Å²) in [5.41, 5.74) is 0. The van der Waals surface area contributed by atoms with Gasteiger partial charge in [-0.1, -0.05) is 0 Å². The fraction of sp³-hybridized carbons (Fsp3) is 0.500. The van der Waals surface area contributed by atoms with Crippen molar-refractivity contribution in [3.05, 3.63) is 24.0 Å². The van der Waals surface area contributed by atoms with Crippen molar-refractivity contribution in [2.45, 2.75) is 17.9 Å². The van der Waals surface area contributed by atoms with Crippen LogP contribution in [-0.2, 0) is 10.0 Å². The molecule has 5 nitrogen and oxygen atoms in total. The van der Waals surface area contributed by atoms with Gasteiger partial charge < -0.3 is 10.1 Å². The minimum Gasteiger partial charge on any atom is -0.494 e. The van der Waals surface area contributed by atoms with Crippen LogP contribution in [0.1, 0.15) is 6.92 Å². The summed E-state index contributed by atoms with van der Waals surface area (Å²) in [5, 5.41) is 3.16. The van der Waals surface area contributed by atoms with Crippen LogP contribution in [0.2, 0.25) is 0 Å². The average molecular weight is 325 g/mol. The zero-order chi connectivity index (χ0) is 14.0. The summed E-state index contributed by atoms with van der Waals surface area (Å²) in [6.07, 6.45) is 0. The molecule has 0 aliphatic carbocycles. The van der Waals surface area contributed by atoms with Crippen molar-refractivity contribution >= 4 is 22.4 Å². The molecule has 20 heavy (non-hydrogen) atoms. The highest BCUT2D eigenvalue weighted by Gasteiger charge is 2.29. The molecule has 1 heterocycles. The van der Waals surface area contributed by atoms with Crippen LogP contribution < -0.4 is 10.1 Å². The lowest BCUT2D eigenvalue weighted by Crippen LogP contribution is -2.51. The molecule has 0 radical (unpaired) electrons. The molecule has 1 unspecified atom stereocenters. The van der Waals surface area contributed by atoms with Gasteiger partial charge >= 0.3 is 0 Å². The third-order valence-corrected chi connectivity index (χ3v) is 4.95. The summed E-state index contributed by atoms with van der Waals surface area (Å²) >= 11 is 0. The summed E-state index contributed by atoms with van der Waals surface area (Å²) in [7, 11) is -2.31. The molecule has 0 bridgehead atoms. The Labute approximate surface area is 124 Å². The van der Waals surface area contributed by atoms with Gasteiger partial charge in [-0.25, -0.2) is 12.8 Å². The zero-order valence-corrected chi connectivity index (χ0v) is 12.9. The number of hydrogen-bond acceptors (Lipinski definition) is 4. The summed E-state index contributed by atoms with van der Waals surface area (Å²) in [4.78, 5) is -0.0418. The van der Waals surface area contributed by atoms with Crippen molar-refractivity contribution in [3.8, 4) is 5.75 Å². The van der Waals surface area contributed by atoms with Gasteiger partial charge in [0.1, 0.15) is 0 Å². The minimum absolute atomic E-state index is 0. The molecule has 1 saturated heterocycles. The maximum absolute atomic E-state index is 13.6. The van der Waals surface area contributed by atoms with Crippen LogP contribution in [-0.4, -0.2) is 45.5 Å². The van der Waals surface area contributed by atoms with Crippen molar-refractivity contribution in [2.75, 3.05) is 26.7 Å². The largest absolute Gasteiger partial charge is 0.494 e. The molecule has 0 saturated carbocycles. The Morgan fingerprint density at radius 3 is 2.70 bits per heavy atom. The van der Waals surface area contributed by atoms with Crippen molar-refractivity contribution < 1.29 is 17.5 Å². The number of ether oxygens (including phenoxy) is 1. The van der Waals surface area contributed by atoms with Gasteiger partial charge in [-0.3, -0.25) is 0 Å². The van der Waals surface area contributed by atoms with Gasteiger partial charge in [-0.2, -0.15) is 4.31 Å². The second-order valence-electron chi connectivity index (χ2n) is 4.51. The molecule has 1 N–H and O–H groups in total. The van der Waals surface area contributed by atoms with Gasteiger partial charge in [-0.05, 0) is 25.1 Å². The van der Waals surface area contributed by atoms with E-state index in [2.05, 4.69) is 5.32 Å². The van der Waals surface area contributed by atoms with Gasteiger partial charge in [0.05, 0.1) is 12.0 Å². The van der Waals surface area contributed by atoms with Crippen LogP contribution >= 0.6 is 12.4 Å². The minimum atomic E-state index is -3.64. The molecule has 2 rings (SSSR count). The third kappa shape index (κ3) is 3.41. The summed E-state index contributed by atoms with van der Waals surface area (Å²) in [5.74, 6) is -0.639. The van der Waals surface area contributed by atoms with Gasteiger partial charge in [-0.15, -0.1) is 12.4 Å². The van der Waals surface area contributed by atoms with Crippen LogP contribution in [0.4, 0.5) is 4.39 Å². The van der Waals surface area contributed by atoms with E-state index in [9.17, 15) is 12.8 Å². The standard InChI is InChI=1S/C12H17FN2O3S.ClH/c1-9-8-15(6-5-14-9)19(16,17)10-3-4-12(18-2)11(13)7-10;/h3-4,7,9,14H,5-6,8H2,1-2H3;1H. The lowest BCUT2D eigenvalue weighted by atomic mass is 10.3. The average Bonchev–Trinajstić information content (AvgIpc) is 2.38. The molecule has 1 fully saturated rings. The van der Waals surface area contributed by atoms with E-state index in [1.807, 2.05) is 6.92 Å². The van der Waals surface area contributed by atoms with Crippen molar-refractivity contribution in [3.63, 3.8) is 0 Å². The number of sulfonamides is 1. The Morgan fingerprint density at radius 2 is 2.15 bits per heavy atom. The van der Waals surface area contributed by atoms with Gasteiger partial charge in [0, 0.05) is 25.7 Å². The number of methoxy groups -OCH3 is 1. The van der Waals surface area contributed by atoms with Crippen molar-refractivity contribution in [2.24, 2.45) is 0 Å². The first-order valence-corrected chi connectivity index (χ1v) is 7.46. The fourth-order valence-corrected chi connectivity index (χ4v) is 3.61. The molecular formula is C12H18ClFN2O3S. The number of nitrogens with zero attached hydrogens (tertiary/aromatic N) is 1. The predicted octanol–water partition coefficient (Wildman–Crippen LogP) is 1.24. The SMILES string of the molecule is COc1ccc(S(=O)(=O)N2CCNC(C)C2)cc1F.Cl. The number of hydrogen-bond donors (Lipinski definition) is 1. The molecule has 0 amide bonds. The first-order chi connectivity index (χ1) is 8.95. The number of rotatable bonds is 3. The monoisotopic (exact) mass is 324 g/mol. The maximum Gasteiger partial charge on any atom is 0.243 e. The van der Waals surface area contributed by atoms with Crippen LogP contribution in [0.5, 0.6) is 5.75 Å². The first-order valence-electron chi connectivity index (χ1n) is 6.02. The topological polar surface area (TPSA) is 58.6 Å². The molecule has 8 heteroatoms. The molecule has 1 atom stereocenters. The molecule has 1 aromatic rings. The summed E-state index contributed by atoms with van der Waals surface area (Å²) in [6.45, 7) is 3.28. The van der Waals surface area contributed by atoms with E-state index in [4.69, 9.17) is 4.74 Å². The third-order valence-electron chi connectivity index (χ3n) is 3.09. The fourth-order valence-electron chi connectivity index (χ4n) is 2.07. The van der Waals surface area contributed by atoms with Crippen LogP contribution in [0.25, 0.3) is 0 Å². The highest BCUT2D eigenvalue weighted by atomic mass is 35.5. The van der Waals surface area contributed by atoms with E-state index in [-0.39, 0.29) is 29.1 Å². The Bertz CT molecular complexity index is 568. The zero-order valence-electron chi connectivity index (χ0n) is 11.3. The Balaban J connectivity index is 0.00000200.